The summed E-state index contributed by atoms with van der Waals surface area (Å²) in [7, 11) is 0. The summed E-state index contributed by atoms with van der Waals surface area (Å²) in [5, 5.41) is 10.4. The monoisotopic (exact) mass is 422 g/mol. The van der Waals surface area contributed by atoms with Crippen LogP contribution in [0.25, 0.3) is 0 Å². The van der Waals surface area contributed by atoms with Gasteiger partial charge in [-0.3, -0.25) is 0 Å². The molecule has 1 nitrogen and oxygen atoms in total. The van der Waals surface area contributed by atoms with Crippen LogP contribution in [0.3, 0.4) is 0 Å². The van der Waals surface area contributed by atoms with E-state index >= 15 is 0 Å². The second-order valence-corrected chi connectivity index (χ2v) is 7.48. The third kappa shape index (κ3) is 2.66. The smallest absolute Gasteiger partial charge is 0.381 e. The Morgan fingerprint density at radius 3 is 1.79 bits per heavy atom. The molecule has 1 aromatic carbocycles. The van der Waals surface area contributed by atoms with Gasteiger partial charge < -0.3 is 5.11 Å². The van der Waals surface area contributed by atoms with Crippen molar-refractivity contribution >= 4 is 0 Å². The van der Waals surface area contributed by atoms with Crippen LogP contribution in [0.4, 0.5) is 39.5 Å². The molecule has 2 unspecified atom stereocenters. The molecular weight excluding hydrogens is 403 g/mol. The van der Waals surface area contributed by atoms with Gasteiger partial charge in [-0.2, -0.15) is 35.1 Å². The normalized spacial score (nSPS) is 27.2. The van der Waals surface area contributed by atoms with E-state index in [0.29, 0.717) is 18.9 Å². The average molecular weight is 422 g/mol. The molecule has 1 aliphatic carbocycles. The van der Waals surface area contributed by atoms with E-state index in [9.17, 15) is 44.6 Å². The van der Waals surface area contributed by atoms with Crippen molar-refractivity contribution in [1.82, 2.24) is 0 Å². The Hall–Kier alpha value is -1.45. The Bertz CT molecular complexity index is 716. The molecule has 0 amide bonds. The first-order chi connectivity index (χ1) is 12.4. The summed E-state index contributed by atoms with van der Waals surface area (Å²) < 4.78 is 124. The summed E-state index contributed by atoms with van der Waals surface area (Å²) in [4.78, 5) is 0. The molecule has 0 heterocycles. The highest BCUT2D eigenvalue weighted by Crippen LogP contribution is 2.70. The topological polar surface area (TPSA) is 20.2 Å². The highest BCUT2D eigenvalue weighted by molar-refractivity contribution is 5.33. The Kier molecular flexibility index (Phi) is 5.12. The van der Waals surface area contributed by atoms with Crippen LogP contribution in [-0.4, -0.2) is 34.5 Å². The van der Waals surface area contributed by atoms with E-state index in [0.717, 1.165) is 6.07 Å². The Balaban J connectivity index is 2.56. The summed E-state index contributed by atoms with van der Waals surface area (Å²) in [6.07, 6.45) is -1.76. The maximum Gasteiger partial charge on any atom is 0.381 e. The van der Waals surface area contributed by atoms with Crippen molar-refractivity contribution in [3.05, 3.63) is 35.4 Å². The Morgan fingerprint density at radius 2 is 1.36 bits per heavy atom. The molecule has 0 radical (unpaired) electrons. The molecule has 1 N–H and O–H groups in total. The van der Waals surface area contributed by atoms with Crippen LogP contribution in [-0.2, 0) is 5.60 Å². The van der Waals surface area contributed by atoms with E-state index in [4.69, 9.17) is 0 Å². The molecule has 160 valence electrons. The van der Waals surface area contributed by atoms with Gasteiger partial charge in [0.1, 0.15) is 0 Å². The quantitative estimate of drug-likeness (QED) is 0.572. The van der Waals surface area contributed by atoms with Crippen molar-refractivity contribution in [2.45, 2.75) is 74.5 Å². The van der Waals surface area contributed by atoms with Gasteiger partial charge >= 0.3 is 23.7 Å². The number of aliphatic hydroxyl groups is 1. The van der Waals surface area contributed by atoms with Crippen molar-refractivity contribution in [3.63, 3.8) is 0 Å². The number of alkyl halides is 9. The van der Waals surface area contributed by atoms with Gasteiger partial charge in [0.25, 0.3) is 5.67 Å². The first kappa shape index (κ1) is 22.8. The first-order valence-electron chi connectivity index (χ1n) is 8.43. The van der Waals surface area contributed by atoms with Crippen LogP contribution in [0.1, 0.15) is 50.7 Å². The zero-order valence-corrected chi connectivity index (χ0v) is 15.1. The van der Waals surface area contributed by atoms with Gasteiger partial charge in [0, 0.05) is 6.42 Å². The second kappa shape index (κ2) is 6.27. The molecule has 1 saturated carbocycles. The predicted octanol–water partition coefficient (Wildman–Crippen LogP) is 6.06. The lowest BCUT2D eigenvalue weighted by atomic mass is 9.79. The molecule has 28 heavy (non-hydrogen) atoms. The van der Waals surface area contributed by atoms with Crippen LogP contribution < -0.4 is 0 Å². The number of rotatable bonds is 5. The molecule has 0 spiro atoms. The van der Waals surface area contributed by atoms with E-state index in [-0.39, 0.29) is 11.5 Å². The lowest BCUT2D eigenvalue weighted by molar-refractivity contribution is -0.303. The zero-order chi connectivity index (χ0) is 22.0. The molecule has 0 bridgehead atoms. The molecule has 2 rings (SSSR count). The van der Waals surface area contributed by atoms with E-state index in [1.807, 2.05) is 0 Å². The minimum absolute atomic E-state index is 0.113. The highest BCUT2D eigenvalue weighted by atomic mass is 19.4. The Labute approximate surface area is 155 Å². The molecule has 1 fully saturated rings. The molecular formula is C18H19F9O. The van der Waals surface area contributed by atoms with Gasteiger partial charge in [0.05, 0.1) is 5.60 Å². The van der Waals surface area contributed by atoms with Gasteiger partial charge in [-0.25, -0.2) is 4.39 Å². The third-order valence-electron chi connectivity index (χ3n) is 5.46. The molecule has 0 saturated heterocycles. The summed E-state index contributed by atoms with van der Waals surface area (Å²) in [5.41, 5.74) is -8.36. The SMILES string of the molecule is CCC(C)c1cccc(C(C)(O)CC2(F)C(F)(F)C(F)(F)C(F)(F)C2(F)F)c1. The summed E-state index contributed by atoms with van der Waals surface area (Å²) in [6, 6.07) is 5.18. The van der Waals surface area contributed by atoms with Crippen molar-refractivity contribution < 1.29 is 44.6 Å². The number of hydrogen-bond acceptors (Lipinski definition) is 1. The molecule has 0 aliphatic heterocycles. The third-order valence-corrected chi connectivity index (χ3v) is 5.46. The van der Waals surface area contributed by atoms with Crippen LogP contribution in [0.15, 0.2) is 24.3 Å². The van der Waals surface area contributed by atoms with Crippen LogP contribution in [0, 0.1) is 0 Å². The maximum atomic E-state index is 14.7. The molecule has 1 aromatic rings. The zero-order valence-electron chi connectivity index (χ0n) is 15.1. The fraction of sp³-hybridized carbons (Fsp3) is 0.667. The van der Waals surface area contributed by atoms with E-state index < -0.39 is 41.4 Å². The molecule has 1 aliphatic rings. The summed E-state index contributed by atoms with van der Waals surface area (Å²) in [6.45, 7) is 4.19. The highest BCUT2D eigenvalue weighted by Gasteiger charge is 3.00. The molecule has 2 atom stereocenters. The predicted molar refractivity (Wildman–Crippen MR) is 83.0 cm³/mol. The lowest BCUT2D eigenvalue weighted by Crippen LogP contribution is -2.57. The van der Waals surface area contributed by atoms with Crippen LogP contribution >= 0.6 is 0 Å². The number of benzene rings is 1. The van der Waals surface area contributed by atoms with E-state index in [1.54, 1.807) is 19.9 Å². The van der Waals surface area contributed by atoms with Gasteiger partial charge in [-0.05, 0) is 30.4 Å². The van der Waals surface area contributed by atoms with Crippen molar-refractivity contribution in [1.29, 1.82) is 0 Å². The lowest BCUT2D eigenvalue weighted by Gasteiger charge is -2.37. The number of hydrogen-bond donors (Lipinski definition) is 1. The Morgan fingerprint density at radius 1 is 0.893 bits per heavy atom. The summed E-state index contributed by atoms with van der Waals surface area (Å²) >= 11 is 0. The molecule has 10 heteroatoms. The fourth-order valence-electron chi connectivity index (χ4n) is 3.30. The van der Waals surface area contributed by atoms with Crippen molar-refractivity contribution in [2.24, 2.45) is 0 Å². The van der Waals surface area contributed by atoms with E-state index in [1.165, 1.54) is 12.1 Å². The second-order valence-electron chi connectivity index (χ2n) is 7.48. The molecule has 0 aromatic heterocycles. The number of halogens is 9. The van der Waals surface area contributed by atoms with Crippen LogP contribution in [0.5, 0.6) is 0 Å². The minimum Gasteiger partial charge on any atom is -0.385 e. The standard InChI is InChI=1S/C18H19F9O/c1-4-10(2)11-6-5-7-12(8-11)13(3,28)9-14(19)15(20,21)17(24,25)18(26,27)16(14,22)23/h5-8,10,28H,4,9H2,1-3H3. The minimum atomic E-state index is -6.65. The van der Waals surface area contributed by atoms with Crippen molar-refractivity contribution in [3.8, 4) is 0 Å². The fourth-order valence-corrected chi connectivity index (χ4v) is 3.30. The van der Waals surface area contributed by atoms with Gasteiger partial charge in [0.15, 0.2) is 0 Å². The van der Waals surface area contributed by atoms with Gasteiger partial charge in [-0.15, -0.1) is 0 Å². The largest absolute Gasteiger partial charge is 0.385 e. The first-order valence-corrected chi connectivity index (χ1v) is 8.43. The summed E-state index contributed by atoms with van der Waals surface area (Å²) in [5.74, 6) is -26.3. The van der Waals surface area contributed by atoms with E-state index in [2.05, 4.69) is 0 Å². The van der Waals surface area contributed by atoms with Crippen molar-refractivity contribution in [2.75, 3.05) is 0 Å². The average Bonchev–Trinajstić information content (AvgIpc) is 2.63. The van der Waals surface area contributed by atoms with Gasteiger partial charge in [-0.1, -0.05) is 38.1 Å². The van der Waals surface area contributed by atoms with Crippen LogP contribution in [0.2, 0.25) is 0 Å². The van der Waals surface area contributed by atoms with Gasteiger partial charge in [0.2, 0.25) is 0 Å². The maximum absolute atomic E-state index is 14.7.